The molecule has 1 aromatic heterocycles. The first-order chi connectivity index (χ1) is 5.20. The molecule has 0 bridgehead atoms. The lowest BCUT2D eigenvalue weighted by Crippen LogP contribution is -2.16. The summed E-state index contributed by atoms with van der Waals surface area (Å²) in [6.45, 7) is 0. The monoisotopic (exact) mass is 155 g/mol. The van der Waals surface area contributed by atoms with E-state index in [4.69, 9.17) is 10.8 Å². The van der Waals surface area contributed by atoms with Crippen LogP contribution in [0.5, 0.6) is 0 Å². The lowest BCUT2D eigenvalue weighted by Gasteiger charge is -2.03. The van der Waals surface area contributed by atoms with Crippen LogP contribution < -0.4 is 5.73 Å². The van der Waals surface area contributed by atoms with Gasteiger partial charge in [-0.15, -0.1) is 0 Å². The Bertz CT molecular complexity index is 232. The van der Waals surface area contributed by atoms with E-state index >= 15 is 0 Å². The summed E-state index contributed by atoms with van der Waals surface area (Å²) in [5.41, 5.74) is 5.47. The first kappa shape index (κ1) is 7.74. The molecule has 1 heterocycles. The molecule has 5 nitrogen and oxygen atoms in total. The highest BCUT2D eigenvalue weighted by Gasteiger charge is 2.11. The van der Waals surface area contributed by atoms with Crippen LogP contribution in [0.1, 0.15) is 18.3 Å². The molecule has 1 aromatic rings. The quantitative estimate of drug-likeness (QED) is 0.567. The maximum atomic E-state index is 10.2. The summed E-state index contributed by atoms with van der Waals surface area (Å²) in [6.07, 6.45) is 3.04. The molecule has 0 aliphatic rings. The third kappa shape index (κ3) is 2.05. The van der Waals surface area contributed by atoms with Crippen LogP contribution in [0.15, 0.2) is 12.4 Å². The van der Waals surface area contributed by atoms with Crippen molar-refractivity contribution in [2.24, 2.45) is 5.73 Å². The van der Waals surface area contributed by atoms with Crippen LogP contribution in [-0.2, 0) is 4.79 Å². The molecule has 11 heavy (non-hydrogen) atoms. The van der Waals surface area contributed by atoms with Gasteiger partial charge in [-0.25, -0.2) is 4.98 Å². The van der Waals surface area contributed by atoms with Gasteiger partial charge in [0.25, 0.3) is 0 Å². The minimum Gasteiger partial charge on any atom is -0.481 e. The zero-order valence-electron chi connectivity index (χ0n) is 5.82. The smallest absolute Gasteiger partial charge is 0.305 e. The molecule has 0 amide bonds. The molecule has 60 valence electrons. The van der Waals surface area contributed by atoms with Gasteiger partial charge < -0.3 is 15.8 Å². The van der Waals surface area contributed by atoms with E-state index in [0.717, 1.165) is 0 Å². The van der Waals surface area contributed by atoms with Gasteiger partial charge in [-0.2, -0.15) is 0 Å². The van der Waals surface area contributed by atoms with E-state index in [1.54, 1.807) is 6.20 Å². The predicted octanol–water partition coefficient (Wildman–Crippen LogP) is -0.116. The van der Waals surface area contributed by atoms with Gasteiger partial charge in [0.05, 0.1) is 12.5 Å². The van der Waals surface area contributed by atoms with E-state index in [-0.39, 0.29) is 6.42 Å². The third-order valence-electron chi connectivity index (χ3n) is 1.27. The van der Waals surface area contributed by atoms with E-state index in [1.807, 2.05) is 0 Å². The van der Waals surface area contributed by atoms with Gasteiger partial charge in [0.2, 0.25) is 0 Å². The van der Waals surface area contributed by atoms with E-state index < -0.39 is 12.0 Å². The number of carboxylic acid groups (broad SMARTS) is 1. The summed E-state index contributed by atoms with van der Waals surface area (Å²) < 4.78 is 0. The second kappa shape index (κ2) is 3.16. The van der Waals surface area contributed by atoms with Crippen molar-refractivity contribution in [2.45, 2.75) is 12.5 Å². The van der Waals surface area contributed by atoms with E-state index in [2.05, 4.69) is 9.97 Å². The number of imidazole rings is 1. The van der Waals surface area contributed by atoms with Crippen molar-refractivity contribution in [1.29, 1.82) is 0 Å². The molecule has 1 rings (SSSR count). The molecule has 1 atom stereocenters. The van der Waals surface area contributed by atoms with E-state index in [9.17, 15) is 4.79 Å². The van der Waals surface area contributed by atoms with Crippen molar-refractivity contribution in [3.05, 3.63) is 18.2 Å². The Labute approximate surface area is 63.3 Å². The Kier molecular flexibility index (Phi) is 2.22. The van der Waals surface area contributed by atoms with Crippen molar-refractivity contribution >= 4 is 5.97 Å². The summed E-state index contributed by atoms with van der Waals surface area (Å²) >= 11 is 0. The molecular weight excluding hydrogens is 146 g/mol. The lowest BCUT2D eigenvalue weighted by molar-refractivity contribution is -0.137. The molecule has 5 heteroatoms. The molecule has 0 radical (unpaired) electrons. The highest BCUT2D eigenvalue weighted by atomic mass is 16.4. The molecule has 0 saturated heterocycles. The molecule has 0 aliphatic heterocycles. The first-order valence-electron chi connectivity index (χ1n) is 3.17. The number of nitrogens with two attached hydrogens (primary N) is 1. The van der Waals surface area contributed by atoms with Crippen LogP contribution in [0.2, 0.25) is 0 Å². The van der Waals surface area contributed by atoms with Crippen molar-refractivity contribution in [3.63, 3.8) is 0 Å². The molecule has 0 fully saturated rings. The SMILES string of the molecule is N[C@H](CC(=O)O)c1ncc[nH]1. The van der Waals surface area contributed by atoms with E-state index in [1.165, 1.54) is 6.20 Å². The fourth-order valence-corrected chi connectivity index (χ4v) is 0.765. The number of nitrogens with one attached hydrogen (secondary N) is 1. The van der Waals surface area contributed by atoms with Gasteiger partial charge >= 0.3 is 5.97 Å². The fraction of sp³-hybridized carbons (Fsp3) is 0.333. The number of carboxylic acids is 1. The van der Waals surface area contributed by atoms with Crippen molar-refractivity contribution < 1.29 is 9.90 Å². The van der Waals surface area contributed by atoms with Gasteiger partial charge in [0, 0.05) is 12.4 Å². The number of carbonyl (C=O) groups is 1. The normalized spacial score (nSPS) is 12.8. The Hall–Kier alpha value is -1.36. The van der Waals surface area contributed by atoms with E-state index in [0.29, 0.717) is 5.82 Å². The van der Waals surface area contributed by atoms with Crippen LogP contribution in [-0.4, -0.2) is 21.0 Å². The number of aromatic nitrogens is 2. The summed E-state index contributed by atoms with van der Waals surface area (Å²) in [5.74, 6) is -0.415. The number of nitrogens with zero attached hydrogens (tertiary/aromatic N) is 1. The van der Waals surface area contributed by atoms with Crippen molar-refractivity contribution in [2.75, 3.05) is 0 Å². The number of aliphatic carboxylic acids is 1. The minimum absolute atomic E-state index is 0.104. The topological polar surface area (TPSA) is 92.0 Å². The highest BCUT2D eigenvalue weighted by molar-refractivity contribution is 5.67. The Morgan fingerprint density at radius 2 is 2.64 bits per heavy atom. The Balaban J connectivity index is 2.56. The average molecular weight is 155 g/mol. The molecule has 4 N–H and O–H groups in total. The van der Waals surface area contributed by atoms with Crippen LogP contribution in [0, 0.1) is 0 Å². The molecule has 0 aromatic carbocycles. The number of hydrogen-bond acceptors (Lipinski definition) is 3. The number of H-pyrrole nitrogens is 1. The van der Waals surface area contributed by atoms with Crippen LogP contribution in [0.25, 0.3) is 0 Å². The van der Waals surface area contributed by atoms with Crippen molar-refractivity contribution in [1.82, 2.24) is 9.97 Å². The van der Waals surface area contributed by atoms with Crippen LogP contribution in [0.3, 0.4) is 0 Å². The lowest BCUT2D eigenvalue weighted by atomic mass is 10.2. The predicted molar refractivity (Wildman–Crippen MR) is 37.8 cm³/mol. The highest BCUT2D eigenvalue weighted by Crippen LogP contribution is 2.06. The van der Waals surface area contributed by atoms with Crippen LogP contribution >= 0.6 is 0 Å². The fourth-order valence-electron chi connectivity index (χ4n) is 0.765. The Morgan fingerprint density at radius 1 is 1.91 bits per heavy atom. The zero-order valence-corrected chi connectivity index (χ0v) is 5.82. The van der Waals surface area contributed by atoms with Gasteiger partial charge in [-0.3, -0.25) is 4.79 Å². The van der Waals surface area contributed by atoms with Gasteiger partial charge in [-0.1, -0.05) is 0 Å². The third-order valence-corrected chi connectivity index (χ3v) is 1.27. The van der Waals surface area contributed by atoms with Crippen molar-refractivity contribution in [3.8, 4) is 0 Å². The second-order valence-electron chi connectivity index (χ2n) is 2.18. The summed E-state index contributed by atoms with van der Waals surface area (Å²) in [4.78, 5) is 16.8. The number of aromatic amines is 1. The molecule has 0 aliphatic carbocycles. The van der Waals surface area contributed by atoms with Gasteiger partial charge in [0.1, 0.15) is 5.82 Å². The number of hydrogen-bond donors (Lipinski definition) is 3. The standard InChI is InChI=1S/C6H9N3O2/c7-4(3-5(10)11)6-8-1-2-9-6/h1-2,4H,3,7H2,(H,8,9)(H,10,11)/t4-/m1/s1. The summed E-state index contributed by atoms with van der Waals surface area (Å²) in [7, 11) is 0. The Morgan fingerprint density at radius 3 is 3.09 bits per heavy atom. The molecular formula is C6H9N3O2. The molecule has 0 saturated carbocycles. The maximum Gasteiger partial charge on any atom is 0.305 e. The largest absolute Gasteiger partial charge is 0.481 e. The summed E-state index contributed by atoms with van der Waals surface area (Å²) in [6, 6.07) is -0.539. The minimum atomic E-state index is -0.922. The number of rotatable bonds is 3. The van der Waals surface area contributed by atoms with Crippen LogP contribution in [0.4, 0.5) is 0 Å². The second-order valence-corrected chi connectivity index (χ2v) is 2.18. The first-order valence-corrected chi connectivity index (χ1v) is 3.17. The summed E-state index contributed by atoms with van der Waals surface area (Å²) in [5, 5.41) is 8.36. The zero-order chi connectivity index (χ0) is 8.27. The molecule has 0 unspecified atom stereocenters. The van der Waals surface area contributed by atoms with Gasteiger partial charge in [-0.05, 0) is 0 Å². The average Bonchev–Trinajstić information content (AvgIpc) is 2.35. The molecule has 0 spiro atoms. The maximum absolute atomic E-state index is 10.2. The van der Waals surface area contributed by atoms with Gasteiger partial charge in [0.15, 0.2) is 0 Å².